The number of hydrogen-bond donors (Lipinski definition) is 0. The van der Waals surface area contributed by atoms with E-state index in [0.29, 0.717) is 31.6 Å². The molecule has 1 saturated carbocycles. The fourth-order valence-electron chi connectivity index (χ4n) is 3.43. The molecule has 2 aliphatic rings. The summed E-state index contributed by atoms with van der Waals surface area (Å²) >= 11 is 0. The van der Waals surface area contributed by atoms with Gasteiger partial charge in [-0.05, 0) is 45.6 Å². The van der Waals surface area contributed by atoms with Gasteiger partial charge in [0.05, 0.1) is 11.6 Å². The van der Waals surface area contributed by atoms with Crippen LogP contribution in [0.3, 0.4) is 0 Å². The Hall–Kier alpha value is -2.06. The topological polar surface area (TPSA) is 51.7 Å². The highest BCUT2D eigenvalue weighted by Gasteiger charge is 2.49. The summed E-state index contributed by atoms with van der Waals surface area (Å²) in [7, 11) is 0. The van der Waals surface area contributed by atoms with E-state index >= 15 is 0 Å². The van der Waals surface area contributed by atoms with Gasteiger partial charge < -0.3 is 14.4 Å². The minimum absolute atomic E-state index is 0.190. The molecular weight excluding hydrogens is 356 g/mol. The van der Waals surface area contributed by atoms with Crippen molar-refractivity contribution < 1.29 is 31.8 Å². The Labute approximate surface area is 148 Å². The summed E-state index contributed by atoms with van der Waals surface area (Å²) in [6, 6.07) is 0.0552. The fraction of sp³-hybridized carbons (Fsp3) is 0.647. The van der Waals surface area contributed by atoms with E-state index in [1.807, 2.05) is 0 Å². The molecule has 1 amide bonds. The van der Waals surface area contributed by atoms with Crippen molar-refractivity contribution in [1.29, 1.82) is 0 Å². The summed E-state index contributed by atoms with van der Waals surface area (Å²) in [5.74, 6) is -1.47. The zero-order valence-corrected chi connectivity index (χ0v) is 14.6. The molecule has 0 spiro atoms. The number of carbonyl (C=O) groups is 1. The second kappa shape index (κ2) is 6.28. The normalized spacial score (nSPS) is 25.5. The van der Waals surface area contributed by atoms with E-state index in [4.69, 9.17) is 9.47 Å². The van der Waals surface area contributed by atoms with Gasteiger partial charge in [-0.1, -0.05) is 0 Å². The number of rotatable bonds is 2. The first-order valence-electron chi connectivity index (χ1n) is 8.33. The van der Waals surface area contributed by atoms with Crippen molar-refractivity contribution in [2.45, 2.75) is 57.5 Å². The number of hydrogen-bond acceptors (Lipinski definition) is 4. The average Bonchev–Trinajstić information content (AvgIpc) is 3.06. The zero-order valence-electron chi connectivity index (χ0n) is 14.6. The quantitative estimate of drug-likeness (QED) is 0.732. The van der Waals surface area contributed by atoms with Crippen LogP contribution in [-0.2, 0) is 10.9 Å². The first-order chi connectivity index (χ1) is 11.9. The lowest BCUT2D eigenvalue weighted by molar-refractivity contribution is -0.138. The van der Waals surface area contributed by atoms with E-state index in [1.165, 1.54) is 0 Å². The molecule has 1 saturated heterocycles. The molecule has 2 fully saturated rings. The van der Waals surface area contributed by atoms with Gasteiger partial charge in [-0.15, -0.1) is 0 Å². The maximum atomic E-state index is 14.0. The van der Waals surface area contributed by atoms with E-state index in [1.54, 1.807) is 25.7 Å². The summed E-state index contributed by atoms with van der Waals surface area (Å²) in [4.78, 5) is 17.3. The molecule has 9 heteroatoms. The van der Waals surface area contributed by atoms with Crippen LogP contribution in [0.2, 0.25) is 0 Å². The first-order valence-corrected chi connectivity index (χ1v) is 8.33. The van der Waals surface area contributed by atoms with Crippen molar-refractivity contribution in [2.75, 3.05) is 6.54 Å². The Bertz CT molecular complexity index is 702. The van der Waals surface area contributed by atoms with Gasteiger partial charge in [0.2, 0.25) is 0 Å². The number of alkyl halides is 3. The molecule has 2 heterocycles. The predicted molar refractivity (Wildman–Crippen MR) is 83.1 cm³/mol. The molecule has 0 N–H and O–H groups in total. The van der Waals surface area contributed by atoms with Crippen molar-refractivity contribution in [2.24, 2.45) is 5.92 Å². The van der Waals surface area contributed by atoms with Crippen LogP contribution in [-0.4, -0.2) is 40.3 Å². The Kier molecular flexibility index (Phi) is 4.52. The number of fused-ring (bicyclic) bond motifs is 2. The Balaban J connectivity index is 1.71. The SMILES string of the molecule is CC(C)(C)OC(=O)N1CC2CC(Oc3ncc(C(F)(F)F)cc3F)C1C2. The van der Waals surface area contributed by atoms with Gasteiger partial charge in [0.1, 0.15) is 11.7 Å². The highest BCUT2D eigenvalue weighted by Crippen LogP contribution is 2.41. The first kappa shape index (κ1) is 18.7. The van der Waals surface area contributed by atoms with Crippen molar-refractivity contribution >= 4 is 6.09 Å². The predicted octanol–water partition coefficient (Wildman–Crippen LogP) is 4.02. The Morgan fingerprint density at radius 3 is 2.50 bits per heavy atom. The van der Waals surface area contributed by atoms with Gasteiger partial charge in [0.15, 0.2) is 5.82 Å². The van der Waals surface area contributed by atoms with Crippen molar-refractivity contribution in [3.05, 3.63) is 23.6 Å². The highest BCUT2D eigenvalue weighted by molar-refractivity contribution is 5.69. The van der Waals surface area contributed by atoms with E-state index in [0.717, 1.165) is 0 Å². The number of amides is 1. The van der Waals surface area contributed by atoms with E-state index in [2.05, 4.69) is 4.98 Å². The lowest BCUT2D eigenvalue weighted by atomic mass is 10.1. The van der Waals surface area contributed by atoms with Gasteiger partial charge in [-0.25, -0.2) is 14.2 Å². The second-order valence-electron chi connectivity index (χ2n) is 7.70. The lowest BCUT2D eigenvalue weighted by Gasteiger charge is -2.34. The Morgan fingerprint density at radius 1 is 1.27 bits per heavy atom. The standard InChI is InChI=1S/C17H20F4N2O3/c1-16(2,3)26-15(24)23-8-9-4-12(23)13(5-9)25-14-11(18)6-10(7-22-14)17(19,20)21/h6-7,9,12-13H,4-5,8H2,1-3H3. The molecular formula is C17H20F4N2O3. The number of nitrogens with zero attached hydrogens (tertiary/aromatic N) is 2. The van der Waals surface area contributed by atoms with Gasteiger partial charge in [-0.3, -0.25) is 0 Å². The van der Waals surface area contributed by atoms with Crippen molar-refractivity contribution in [3.8, 4) is 5.88 Å². The highest BCUT2D eigenvalue weighted by atomic mass is 19.4. The van der Waals surface area contributed by atoms with Crippen LogP contribution in [0.4, 0.5) is 22.4 Å². The van der Waals surface area contributed by atoms with Gasteiger partial charge in [-0.2, -0.15) is 13.2 Å². The van der Waals surface area contributed by atoms with Crippen LogP contribution < -0.4 is 4.74 Å². The number of ether oxygens (including phenoxy) is 2. The molecule has 1 aliphatic carbocycles. The summed E-state index contributed by atoms with van der Waals surface area (Å²) in [6.45, 7) is 5.81. The molecule has 3 unspecified atom stereocenters. The van der Waals surface area contributed by atoms with Crippen LogP contribution in [0.15, 0.2) is 12.3 Å². The van der Waals surface area contributed by atoms with Crippen LogP contribution in [0.5, 0.6) is 5.88 Å². The van der Waals surface area contributed by atoms with Crippen LogP contribution >= 0.6 is 0 Å². The maximum absolute atomic E-state index is 14.0. The van der Waals surface area contributed by atoms with Crippen molar-refractivity contribution in [3.63, 3.8) is 0 Å². The molecule has 3 rings (SSSR count). The molecule has 0 radical (unpaired) electrons. The van der Waals surface area contributed by atoms with E-state index in [9.17, 15) is 22.4 Å². The number of piperidine rings is 1. The monoisotopic (exact) mass is 376 g/mol. The second-order valence-corrected chi connectivity index (χ2v) is 7.70. The number of carbonyl (C=O) groups excluding carboxylic acids is 1. The van der Waals surface area contributed by atoms with Crippen LogP contribution in [0, 0.1) is 11.7 Å². The fourth-order valence-corrected chi connectivity index (χ4v) is 3.43. The maximum Gasteiger partial charge on any atom is 0.417 e. The number of likely N-dealkylation sites (tertiary alicyclic amines) is 1. The van der Waals surface area contributed by atoms with Crippen LogP contribution in [0.25, 0.3) is 0 Å². The molecule has 1 aromatic heterocycles. The summed E-state index contributed by atoms with van der Waals surface area (Å²) in [5, 5.41) is 0. The third-order valence-corrected chi connectivity index (χ3v) is 4.45. The minimum Gasteiger partial charge on any atom is -0.470 e. The molecule has 2 bridgehead atoms. The molecule has 1 aliphatic heterocycles. The summed E-state index contributed by atoms with van der Waals surface area (Å²) in [6.07, 6.45) is -3.86. The molecule has 1 aromatic rings. The van der Waals surface area contributed by atoms with Crippen molar-refractivity contribution in [1.82, 2.24) is 9.88 Å². The minimum atomic E-state index is -4.67. The summed E-state index contributed by atoms with van der Waals surface area (Å²) in [5.41, 5.74) is -1.82. The zero-order chi connectivity index (χ0) is 19.3. The lowest BCUT2D eigenvalue weighted by Crippen LogP contribution is -2.48. The molecule has 0 aromatic carbocycles. The van der Waals surface area contributed by atoms with Crippen LogP contribution in [0.1, 0.15) is 39.2 Å². The number of aromatic nitrogens is 1. The average molecular weight is 376 g/mol. The molecule has 3 atom stereocenters. The van der Waals surface area contributed by atoms with E-state index in [-0.39, 0.29) is 12.0 Å². The van der Waals surface area contributed by atoms with Gasteiger partial charge in [0, 0.05) is 12.7 Å². The summed E-state index contributed by atoms with van der Waals surface area (Å²) < 4.78 is 62.6. The van der Waals surface area contributed by atoms with Gasteiger partial charge >= 0.3 is 12.3 Å². The molecule has 5 nitrogen and oxygen atoms in total. The largest absolute Gasteiger partial charge is 0.470 e. The molecule has 26 heavy (non-hydrogen) atoms. The van der Waals surface area contributed by atoms with Gasteiger partial charge in [0.25, 0.3) is 5.88 Å². The van der Waals surface area contributed by atoms with E-state index < -0.39 is 41.2 Å². The number of halogens is 4. The number of pyridine rings is 1. The smallest absolute Gasteiger partial charge is 0.417 e. The third kappa shape index (κ3) is 3.86. The Morgan fingerprint density at radius 2 is 1.96 bits per heavy atom. The third-order valence-electron chi connectivity index (χ3n) is 4.45. The molecule has 144 valence electrons.